The lowest BCUT2D eigenvalue weighted by molar-refractivity contribution is -0.371. The van der Waals surface area contributed by atoms with Crippen molar-refractivity contribution in [1.82, 2.24) is 0 Å². The zero-order chi connectivity index (χ0) is 49.2. The Morgan fingerprint density at radius 3 is 1.87 bits per heavy atom. The van der Waals surface area contributed by atoms with Crippen LogP contribution >= 0.6 is 0 Å². The number of ketones is 1. The lowest BCUT2D eigenvalue weighted by Crippen LogP contribution is -2.68. The first-order chi connectivity index (χ1) is 31.4. The summed E-state index contributed by atoms with van der Waals surface area (Å²) in [6.07, 6.45) is -6.40. The molecule has 0 aromatic rings. The summed E-state index contributed by atoms with van der Waals surface area (Å²) >= 11 is 0. The SMILES string of the molecule is C=CCOC(=O)C1OC(OC2C(OC3CCC4(C)C(CCC5(C)C4C(=O)C=C4C6CC(C)(C(=O)OCC=C)CCC6(C)CCC45C)C3(C)C)OC(C(=O)OCC=C)C(O)C2O)C(O)C(O)C1O. The average molecular weight is 943 g/mol. The summed E-state index contributed by atoms with van der Waals surface area (Å²) in [5, 5.41) is 55.4. The number of hydrogen-bond acceptors (Lipinski definition) is 16. The van der Waals surface area contributed by atoms with Gasteiger partial charge in [0.05, 0.1) is 11.5 Å². The van der Waals surface area contributed by atoms with E-state index in [4.69, 9.17) is 33.2 Å². The Morgan fingerprint density at radius 1 is 0.687 bits per heavy atom. The van der Waals surface area contributed by atoms with Crippen molar-refractivity contribution in [2.24, 2.45) is 50.2 Å². The summed E-state index contributed by atoms with van der Waals surface area (Å²) in [5.74, 6) is -2.57. The summed E-state index contributed by atoms with van der Waals surface area (Å²) in [5.41, 5.74) is -1.44. The van der Waals surface area contributed by atoms with Crippen molar-refractivity contribution in [2.75, 3.05) is 19.8 Å². The molecule has 0 aromatic carbocycles. The topological polar surface area (TPSA) is 234 Å². The maximum atomic E-state index is 15.1. The molecule has 2 aliphatic heterocycles. The number of rotatable bonds is 13. The van der Waals surface area contributed by atoms with E-state index in [2.05, 4.69) is 61.3 Å². The van der Waals surface area contributed by atoms with Crippen LogP contribution in [0.4, 0.5) is 0 Å². The molecular formula is C51H74O16. The predicted octanol–water partition coefficient (Wildman–Crippen LogP) is 4.18. The highest BCUT2D eigenvalue weighted by Crippen LogP contribution is 2.75. The van der Waals surface area contributed by atoms with Crippen LogP contribution in [0.25, 0.3) is 0 Å². The van der Waals surface area contributed by atoms with Crippen LogP contribution in [-0.4, -0.2) is 137 Å². The molecule has 7 rings (SSSR count). The van der Waals surface area contributed by atoms with Crippen molar-refractivity contribution in [3.05, 3.63) is 49.6 Å². The summed E-state index contributed by atoms with van der Waals surface area (Å²) in [4.78, 5) is 54.7. The third-order valence-electron chi connectivity index (χ3n) is 18.2. The van der Waals surface area contributed by atoms with Crippen molar-refractivity contribution in [3.8, 4) is 0 Å². The van der Waals surface area contributed by atoms with Crippen LogP contribution in [0.3, 0.4) is 0 Å². The van der Waals surface area contributed by atoms with Gasteiger partial charge in [0, 0.05) is 5.92 Å². The van der Waals surface area contributed by atoms with Gasteiger partial charge in [-0.2, -0.15) is 0 Å². The Kier molecular flexibility index (Phi) is 14.4. The first-order valence-corrected chi connectivity index (χ1v) is 24.0. The number of carbonyl (C=O) groups excluding carboxylic acids is 4. The fourth-order valence-corrected chi connectivity index (χ4v) is 14.1. The van der Waals surface area contributed by atoms with Gasteiger partial charge in [0.2, 0.25) is 0 Å². The Balaban J connectivity index is 1.17. The van der Waals surface area contributed by atoms with Crippen LogP contribution in [0.1, 0.15) is 106 Å². The van der Waals surface area contributed by atoms with Gasteiger partial charge in [0.15, 0.2) is 30.6 Å². The number of carbonyl (C=O) groups is 4. The van der Waals surface area contributed by atoms with E-state index in [1.54, 1.807) is 6.08 Å². The molecule has 16 heteroatoms. The molecule has 0 spiro atoms. The number of esters is 3. The molecule has 0 bridgehead atoms. The van der Waals surface area contributed by atoms with Gasteiger partial charge in [-0.15, -0.1) is 0 Å². The minimum Gasteiger partial charge on any atom is -0.461 e. The lowest BCUT2D eigenvalue weighted by Gasteiger charge is -2.70. The molecule has 5 N–H and O–H groups in total. The highest BCUT2D eigenvalue weighted by Gasteiger charge is 2.71. The quantitative estimate of drug-likeness (QED) is 0.0754. The summed E-state index contributed by atoms with van der Waals surface area (Å²) in [6.45, 7) is 25.8. The smallest absolute Gasteiger partial charge is 0.338 e. The van der Waals surface area contributed by atoms with E-state index in [9.17, 15) is 39.9 Å². The molecule has 0 radical (unpaired) electrons. The van der Waals surface area contributed by atoms with E-state index >= 15 is 4.79 Å². The Labute approximate surface area is 394 Å². The summed E-state index contributed by atoms with van der Waals surface area (Å²) in [7, 11) is 0. The molecule has 7 aliphatic rings. The van der Waals surface area contributed by atoms with E-state index in [1.807, 2.05) is 13.0 Å². The second kappa shape index (κ2) is 18.8. The Bertz CT molecular complexity index is 1980. The molecule has 5 aliphatic carbocycles. The number of fused-ring (bicyclic) bond motifs is 7. The lowest BCUT2D eigenvalue weighted by atomic mass is 9.33. The standard InChI is InChI=1S/C51H74O16/c1-11-22-61-41(58)37-33(54)32(53)36(57)43(65-37)67-39-35(56)34(55)38(42(59)62-23-12-2)66-44(39)64-31-15-16-49(8)30(46(31,4)5)14-17-51(10)40(49)29(52)25-27-28-26-48(7,45(60)63-24-13-3)19-18-47(28,6)20-21-50(27,51)9/h11-13,25,28,30-40,43-44,53-57H,1-3,14-24,26H2,4-10H3. The van der Waals surface area contributed by atoms with Crippen molar-refractivity contribution in [1.29, 1.82) is 0 Å². The van der Waals surface area contributed by atoms with E-state index in [0.717, 1.165) is 38.5 Å². The molecular weight excluding hydrogens is 869 g/mol. The summed E-state index contributed by atoms with van der Waals surface area (Å²) in [6, 6.07) is 0. The van der Waals surface area contributed by atoms with Gasteiger partial charge < -0.3 is 58.7 Å². The van der Waals surface area contributed by atoms with E-state index in [0.29, 0.717) is 19.3 Å². The van der Waals surface area contributed by atoms with Crippen LogP contribution in [0.5, 0.6) is 0 Å². The van der Waals surface area contributed by atoms with Gasteiger partial charge in [-0.3, -0.25) is 9.59 Å². The van der Waals surface area contributed by atoms with Gasteiger partial charge in [0.1, 0.15) is 56.4 Å². The van der Waals surface area contributed by atoms with Crippen LogP contribution in [0.2, 0.25) is 0 Å². The molecule has 19 unspecified atom stereocenters. The monoisotopic (exact) mass is 942 g/mol. The fourth-order valence-electron chi connectivity index (χ4n) is 14.1. The van der Waals surface area contributed by atoms with Gasteiger partial charge in [0.25, 0.3) is 0 Å². The van der Waals surface area contributed by atoms with Crippen LogP contribution in [0.15, 0.2) is 49.6 Å². The average Bonchev–Trinajstić information content (AvgIpc) is 3.28. The molecule has 19 atom stereocenters. The van der Waals surface area contributed by atoms with Gasteiger partial charge in [-0.1, -0.05) is 85.1 Å². The highest BCUT2D eigenvalue weighted by molar-refractivity contribution is 5.95. The third-order valence-corrected chi connectivity index (χ3v) is 18.2. The largest absolute Gasteiger partial charge is 0.461 e. The van der Waals surface area contributed by atoms with E-state index in [-0.39, 0.29) is 60.2 Å². The first-order valence-electron chi connectivity index (χ1n) is 24.0. The number of aliphatic hydroxyl groups excluding tert-OH is 5. The number of allylic oxidation sites excluding steroid dienone is 2. The van der Waals surface area contributed by atoms with Crippen LogP contribution in [-0.2, 0) is 52.3 Å². The molecule has 374 valence electrons. The van der Waals surface area contributed by atoms with Crippen molar-refractivity contribution in [2.45, 2.75) is 174 Å². The van der Waals surface area contributed by atoms with Crippen LogP contribution < -0.4 is 0 Å². The fraction of sp³-hybridized carbons (Fsp3) is 0.765. The molecule has 4 saturated carbocycles. The molecule has 16 nitrogen and oxygen atoms in total. The van der Waals surface area contributed by atoms with Gasteiger partial charge in [-0.25, -0.2) is 9.59 Å². The Morgan fingerprint density at radius 2 is 1.25 bits per heavy atom. The molecule has 2 saturated heterocycles. The zero-order valence-electron chi connectivity index (χ0n) is 40.2. The van der Waals surface area contributed by atoms with Crippen molar-refractivity contribution < 1.29 is 77.9 Å². The van der Waals surface area contributed by atoms with Gasteiger partial charge in [-0.05, 0) is 110 Å². The number of aliphatic hydroxyl groups is 5. The Hall–Kier alpha value is -3.32. The van der Waals surface area contributed by atoms with Gasteiger partial charge >= 0.3 is 17.9 Å². The second-order valence-electron chi connectivity index (χ2n) is 22.4. The van der Waals surface area contributed by atoms with Crippen LogP contribution in [0, 0.1) is 50.2 Å². The normalized spacial score (nSPS) is 46.7. The maximum Gasteiger partial charge on any atom is 0.338 e. The molecule has 0 amide bonds. The third kappa shape index (κ3) is 8.51. The zero-order valence-corrected chi connectivity index (χ0v) is 40.2. The number of ether oxygens (including phenoxy) is 7. The van der Waals surface area contributed by atoms with E-state index < -0.39 is 101 Å². The predicted molar refractivity (Wildman–Crippen MR) is 240 cm³/mol. The minimum atomic E-state index is -1.97. The molecule has 2 heterocycles. The molecule has 0 aromatic heterocycles. The minimum absolute atomic E-state index is 0.0388. The molecule has 6 fully saturated rings. The van der Waals surface area contributed by atoms with Crippen molar-refractivity contribution >= 4 is 23.7 Å². The first kappa shape index (κ1) is 51.5. The molecule has 67 heavy (non-hydrogen) atoms. The number of hydrogen-bond donors (Lipinski definition) is 5. The maximum absolute atomic E-state index is 15.1. The summed E-state index contributed by atoms with van der Waals surface area (Å²) < 4.78 is 40.5. The second-order valence-corrected chi connectivity index (χ2v) is 22.4. The van der Waals surface area contributed by atoms with E-state index in [1.165, 1.54) is 17.7 Å². The van der Waals surface area contributed by atoms with Crippen molar-refractivity contribution in [3.63, 3.8) is 0 Å². The highest BCUT2D eigenvalue weighted by atomic mass is 16.8.